The molecular formula is C8H18ClNO2. The molecule has 2 N–H and O–H groups in total. The summed E-state index contributed by atoms with van der Waals surface area (Å²) in [6, 6.07) is -0.136. The summed E-state index contributed by atoms with van der Waals surface area (Å²) in [4.78, 5) is 10.6. The Bertz CT molecular complexity index is 128. The van der Waals surface area contributed by atoms with Crippen molar-refractivity contribution in [3.05, 3.63) is 0 Å². The Morgan fingerprint density at radius 2 is 2.00 bits per heavy atom. The van der Waals surface area contributed by atoms with Gasteiger partial charge in [-0.3, -0.25) is 4.79 Å². The van der Waals surface area contributed by atoms with Gasteiger partial charge >= 0.3 is 5.97 Å². The molecule has 0 aromatic heterocycles. The molecule has 74 valence electrons. The Hall–Kier alpha value is -0.280. The molecule has 0 aliphatic heterocycles. The Morgan fingerprint density at radius 1 is 1.50 bits per heavy atom. The van der Waals surface area contributed by atoms with Crippen LogP contribution in [0.5, 0.6) is 0 Å². The van der Waals surface area contributed by atoms with E-state index < -0.39 is 5.97 Å². The number of halogens is 1. The predicted molar refractivity (Wildman–Crippen MR) is 51.9 cm³/mol. The van der Waals surface area contributed by atoms with Crippen LogP contribution in [0.25, 0.3) is 0 Å². The number of carbonyl (C=O) groups is 1. The lowest BCUT2D eigenvalue weighted by atomic mass is 10.1. The molecule has 0 spiro atoms. The van der Waals surface area contributed by atoms with Gasteiger partial charge in [0.05, 0.1) is 0 Å². The van der Waals surface area contributed by atoms with Crippen molar-refractivity contribution in [2.45, 2.75) is 45.7 Å². The second kappa shape index (κ2) is 7.37. The molecule has 3 nitrogen and oxygen atoms in total. The topological polar surface area (TPSA) is 49.3 Å². The SMILES string of the molecule is CCCC(NC(C)C)C(=O)O.Cl. The van der Waals surface area contributed by atoms with Crippen LogP contribution in [0.2, 0.25) is 0 Å². The smallest absolute Gasteiger partial charge is 0.320 e. The van der Waals surface area contributed by atoms with Crippen molar-refractivity contribution in [2.75, 3.05) is 0 Å². The molecule has 0 aliphatic carbocycles. The van der Waals surface area contributed by atoms with E-state index in [1.807, 2.05) is 20.8 Å². The quantitative estimate of drug-likeness (QED) is 0.702. The summed E-state index contributed by atoms with van der Waals surface area (Å²) < 4.78 is 0. The van der Waals surface area contributed by atoms with Gasteiger partial charge in [-0.25, -0.2) is 0 Å². The normalized spacial score (nSPS) is 12.3. The molecule has 4 heteroatoms. The van der Waals surface area contributed by atoms with E-state index >= 15 is 0 Å². The van der Waals surface area contributed by atoms with E-state index in [0.717, 1.165) is 6.42 Å². The van der Waals surface area contributed by atoms with Crippen molar-refractivity contribution in [3.63, 3.8) is 0 Å². The zero-order valence-corrected chi connectivity index (χ0v) is 8.65. The van der Waals surface area contributed by atoms with Crippen LogP contribution < -0.4 is 5.32 Å². The van der Waals surface area contributed by atoms with Gasteiger partial charge in [-0.1, -0.05) is 27.2 Å². The van der Waals surface area contributed by atoms with Gasteiger partial charge in [-0.2, -0.15) is 0 Å². The van der Waals surface area contributed by atoms with E-state index in [1.54, 1.807) is 0 Å². The number of hydrogen-bond acceptors (Lipinski definition) is 2. The first kappa shape index (κ1) is 14.3. The maximum atomic E-state index is 10.6. The van der Waals surface area contributed by atoms with E-state index in [2.05, 4.69) is 5.32 Å². The highest BCUT2D eigenvalue weighted by Crippen LogP contribution is 1.97. The van der Waals surface area contributed by atoms with Crippen molar-refractivity contribution >= 4 is 18.4 Å². The third-order valence-electron chi connectivity index (χ3n) is 1.41. The van der Waals surface area contributed by atoms with Crippen LogP contribution in [-0.4, -0.2) is 23.2 Å². The van der Waals surface area contributed by atoms with Gasteiger partial charge in [-0.15, -0.1) is 12.4 Å². The Labute approximate surface area is 80.0 Å². The average molecular weight is 196 g/mol. The minimum Gasteiger partial charge on any atom is -0.480 e. The average Bonchev–Trinajstić information content (AvgIpc) is 1.86. The van der Waals surface area contributed by atoms with Crippen LogP contribution in [0, 0.1) is 0 Å². The molecule has 0 radical (unpaired) electrons. The van der Waals surface area contributed by atoms with Crippen molar-refractivity contribution in [1.82, 2.24) is 5.32 Å². The molecule has 0 aromatic rings. The van der Waals surface area contributed by atoms with Crippen molar-refractivity contribution < 1.29 is 9.90 Å². The van der Waals surface area contributed by atoms with Crippen LogP contribution in [0.15, 0.2) is 0 Å². The molecule has 0 aliphatic rings. The summed E-state index contributed by atoms with van der Waals surface area (Å²) in [7, 11) is 0. The fourth-order valence-corrected chi connectivity index (χ4v) is 0.969. The third kappa shape index (κ3) is 6.43. The summed E-state index contributed by atoms with van der Waals surface area (Å²) in [6.07, 6.45) is 1.60. The summed E-state index contributed by atoms with van der Waals surface area (Å²) in [5, 5.41) is 11.7. The van der Waals surface area contributed by atoms with Crippen molar-refractivity contribution in [3.8, 4) is 0 Å². The highest BCUT2D eigenvalue weighted by molar-refractivity contribution is 5.85. The largest absolute Gasteiger partial charge is 0.480 e. The van der Waals surface area contributed by atoms with Gasteiger partial charge in [0.25, 0.3) is 0 Å². The van der Waals surface area contributed by atoms with Gasteiger partial charge in [0.2, 0.25) is 0 Å². The predicted octanol–water partition coefficient (Wildman–Crippen LogP) is 1.66. The van der Waals surface area contributed by atoms with E-state index in [4.69, 9.17) is 5.11 Å². The van der Waals surface area contributed by atoms with Crippen LogP contribution in [0.4, 0.5) is 0 Å². The molecule has 0 saturated carbocycles. The highest BCUT2D eigenvalue weighted by Gasteiger charge is 2.15. The molecule has 0 saturated heterocycles. The van der Waals surface area contributed by atoms with Crippen molar-refractivity contribution in [2.24, 2.45) is 0 Å². The van der Waals surface area contributed by atoms with Gasteiger partial charge < -0.3 is 10.4 Å². The van der Waals surface area contributed by atoms with Crippen LogP contribution >= 0.6 is 12.4 Å². The van der Waals surface area contributed by atoms with E-state index in [1.165, 1.54) is 0 Å². The number of rotatable bonds is 5. The zero-order chi connectivity index (χ0) is 8.85. The van der Waals surface area contributed by atoms with E-state index in [-0.39, 0.29) is 24.5 Å². The van der Waals surface area contributed by atoms with E-state index in [0.29, 0.717) is 6.42 Å². The standard InChI is InChI=1S/C8H17NO2.ClH/c1-4-5-7(8(10)11)9-6(2)3;/h6-7,9H,4-5H2,1-3H3,(H,10,11);1H. The first-order valence-electron chi connectivity index (χ1n) is 4.06. The molecule has 0 fully saturated rings. The Morgan fingerprint density at radius 3 is 2.25 bits per heavy atom. The minimum absolute atomic E-state index is 0. The summed E-state index contributed by atoms with van der Waals surface area (Å²) >= 11 is 0. The lowest BCUT2D eigenvalue weighted by molar-refractivity contribution is -0.139. The van der Waals surface area contributed by atoms with Gasteiger partial charge in [-0.05, 0) is 6.42 Å². The number of carboxylic acid groups (broad SMARTS) is 1. The van der Waals surface area contributed by atoms with E-state index in [9.17, 15) is 4.79 Å². The molecule has 0 heterocycles. The fourth-order valence-electron chi connectivity index (χ4n) is 0.969. The molecule has 0 amide bonds. The van der Waals surface area contributed by atoms with Crippen LogP contribution in [0.1, 0.15) is 33.6 Å². The summed E-state index contributed by atoms with van der Waals surface area (Å²) in [5.41, 5.74) is 0. The minimum atomic E-state index is -0.749. The maximum Gasteiger partial charge on any atom is 0.320 e. The summed E-state index contributed by atoms with van der Waals surface area (Å²) in [6.45, 7) is 5.88. The molecule has 1 atom stereocenters. The second-order valence-corrected chi connectivity index (χ2v) is 3.00. The molecule has 0 aromatic carbocycles. The zero-order valence-electron chi connectivity index (χ0n) is 7.83. The lowest BCUT2D eigenvalue weighted by Gasteiger charge is -2.15. The lowest BCUT2D eigenvalue weighted by Crippen LogP contribution is -2.40. The monoisotopic (exact) mass is 195 g/mol. The number of hydrogen-bond donors (Lipinski definition) is 2. The molecule has 0 bridgehead atoms. The maximum absolute atomic E-state index is 10.6. The number of nitrogens with one attached hydrogen (secondary N) is 1. The molecule has 1 unspecified atom stereocenters. The number of aliphatic carboxylic acids is 1. The Kier molecular flexibility index (Phi) is 8.76. The van der Waals surface area contributed by atoms with Crippen molar-refractivity contribution in [1.29, 1.82) is 0 Å². The molecule has 12 heavy (non-hydrogen) atoms. The highest BCUT2D eigenvalue weighted by atomic mass is 35.5. The first-order chi connectivity index (χ1) is 5.07. The van der Waals surface area contributed by atoms with Crippen LogP contribution in [0.3, 0.4) is 0 Å². The van der Waals surface area contributed by atoms with Gasteiger partial charge in [0.15, 0.2) is 0 Å². The van der Waals surface area contributed by atoms with Crippen LogP contribution in [-0.2, 0) is 4.79 Å². The van der Waals surface area contributed by atoms with Gasteiger partial charge in [0, 0.05) is 6.04 Å². The van der Waals surface area contributed by atoms with Gasteiger partial charge in [0.1, 0.15) is 6.04 Å². The number of carboxylic acids is 1. The fraction of sp³-hybridized carbons (Fsp3) is 0.875. The molecule has 0 rings (SSSR count). The molecular weight excluding hydrogens is 178 g/mol. The summed E-state index contributed by atoms with van der Waals surface area (Å²) in [5.74, 6) is -0.749. The third-order valence-corrected chi connectivity index (χ3v) is 1.41. The first-order valence-corrected chi connectivity index (χ1v) is 4.06. The second-order valence-electron chi connectivity index (χ2n) is 3.00. The Balaban J connectivity index is 0.